The van der Waals surface area contributed by atoms with Crippen LogP contribution in [0.2, 0.25) is 0 Å². The number of hydrogen-bond acceptors (Lipinski definition) is 2. The summed E-state index contributed by atoms with van der Waals surface area (Å²) in [6, 6.07) is 4.33. The van der Waals surface area contributed by atoms with Crippen LogP contribution in [0.5, 0.6) is 5.75 Å². The van der Waals surface area contributed by atoms with Crippen LogP contribution in [0.4, 0.5) is 13.2 Å². The minimum Gasteiger partial charge on any atom is -0.490 e. The largest absolute Gasteiger partial charge is 0.490 e. The molecule has 0 spiro atoms. The molecular formula is C16H22F3NO. The summed E-state index contributed by atoms with van der Waals surface area (Å²) in [5, 5.41) is 2.86. The van der Waals surface area contributed by atoms with E-state index in [4.69, 9.17) is 4.74 Å². The molecule has 0 amide bonds. The molecule has 0 atom stereocenters. The van der Waals surface area contributed by atoms with E-state index in [1.165, 1.54) is 12.1 Å². The molecule has 0 heterocycles. The monoisotopic (exact) mass is 301 g/mol. The van der Waals surface area contributed by atoms with Gasteiger partial charge in [0, 0.05) is 6.54 Å². The highest BCUT2D eigenvalue weighted by molar-refractivity contribution is 5.39. The Labute approximate surface area is 123 Å². The first-order valence-corrected chi connectivity index (χ1v) is 7.52. The van der Waals surface area contributed by atoms with Crippen molar-refractivity contribution >= 4 is 0 Å². The van der Waals surface area contributed by atoms with Crippen LogP contribution in [-0.2, 0) is 12.7 Å². The van der Waals surface area contributed by atoms with E-state index in [1.807, 2.05) is 0 Å². The van der Waals surface area contributed by atoms with E-state index in [-0.39, 0.29) is 11.9 Å². The van der Waals surface area contributed by atoms with Gasteiger partial charge < -0.3 is 10.1 Å². The van der Waals surface area contributed by atoms with Crippen molar-refractivity contribution in [3.63, 3.8) is 0 Å². The van der Waals surface area contributed by atoms with Crippen molar-refractivity contribution in [2.45, 2.75) is 57.3 Å². The summed E-state index contributed by atoms with van der Waals surface area (Å²) in [5.41, 5.74) is -0.0578. The lowest BCUT2D eigenvalue weighted by Gasteiger charge is -2.21. The number of alkyl halides is 3. The zero-order valence-electron chi connectivity index (χ0n) is 12.3. The van der Waals surface area contributed by atoms with Crippen molar-refractivity contribution in [2.24, 2.45) is 0 Å². The molecule has 118 valence electrons. The summed E-state index contributed by atoms with van der Waals surface area (Å²) >= 11 is 0. The fraction of sp³-hybridized carbons (Fsp3) is 0.625. The van der Waals surface area contributed by atoms with Gasteiger partial charge in [0.1, 0.15) is 5.75 Å². The highest BCUT2D eigenvalue weighted by Gasteiger charge is 2.35. The fourth-order valence-electron chi connectivity index (χ4n) is 2.75. The first-order chi connectivity index (χ1) is 10.0. The predicted molar refractivity (Wildman–Crippen MR) is 76.3 cm³/mol. The Bertz CT molecular complexity index is 451. The van der Waals surface area contributed by atoms with Crippen LogP contribution in [-0.4, -0.2) is 13.2 Å². The summed E-state index contributed by atoms with van der Waals surface area (Å²) < 4.78 is 45.3. The van der Waals surface area contributed by atoms with E-state index >= 15 is 0 Å². The molecular weight excluding hydrogens is 279 g/mol. The van der Waals surface area contributed by atoms with Gasteiger partial charge in [0.2, 0.25) is 0 Å². The third-order valence-corrected chi connectivity index (χ3v) is 3.83. The molecule has 2 nitrogen and oxygen atoms in total. The lowest BCUT2D eigenvalue weighted by Crippen LogP contribution is -2.18. The van der Waals surface area contributed by atoms with Gasteiger partial charge in [-0.2, -0.15) is 13.2 Å². The number of hydrogen-bond donors (Lipinski definition) is 1. The standard InChI is InChI=1S/C16H22F3NO/c1-20-11-12-8-9-15(14(10-12)16(17,18)19)21-13-6-4-2-3-5-7-13/h8-10,13,20H,2-7,11H2,1H3. The second-order valence-corrected chi connectivity index (χ2v) is 5.59. The average Bonchev–Trinajstić information content (AvgIpc) is 2.68. The van der Waals surface area contributed by atoms with Crippen molar-refractivity contribution in [1.29, 1.82) is 0 Å². The molecule has 0 aromatic heterocycles. The Balaban J connectivity index is 2.20. The number of benzene rings is 1. The summed E-state index contributed by atoms with van der Waals surface area (Å²) in [5.74, 6) is -0.0331. The minimum atomic E-state index is -4.39. The van der Waals surface area contributed by atoms with Crippen LogP contribution in [0.25, 0.3) is 0 Å². The molecule has 2 rings (SSSR count). The van der Waals surface area contributed by atoms with E-state index in [0.717, 1.165) is 38.5 Å². The summed E-state index contributed by atoms with van der Waals surface area (Å²) in [4.78, 5) is 0. The van der Waals surface area contributed by atoms with Crippen LogP contribution in [0, 0.1) is 0 Å². The van der Waals surface area contributed by atoms with Crippen LogP contribution in [0.3, 0.4) is 0 Å². The van der Waals surface area contributed by atoms with Gasteiger partial charge in [-0.1, -0.05) is 18.9 Å². The zero-order valence-corrected chi connectivity index (χ0v) is 12.3. The predicted octanol–water partition coefficient (Wildman–Crippen LogP) is 4.53. The Kier molecular flexibility index (Phi) is 5.51. The maximum Gasteiger partial charge on any atom is 0.419 e. The summed E-state index contributed by atoms with van der Waals surface area (Å²) in [6.07, 6.45) is 1.56. The van der Waals surface area contributed by atoms with Crippen molar-refractivity contribution in [3.8, 4) is 5.75 Å². The van der Waals surface area contributed by atoms with Gasteiger partial charge >= 0.3 is 6.18 Å². The molecule has 0 saturated heterocycles. The molecule has 1 saturated carbocycles. The van der Waals surface area contributed by atoms with Crippen LogP contribution < -0.4 is 10.1 Å². The van der Waals surface area contributed by atoms with E-state index < -0.39 is 11.7 Å². The topological polar surface area (TPSA) is 21.3 Å². The molecule has 1 aliphatic carbocycles. The molecule has 21 heavy (non-hydrogen) atoms. The number of ether oxygens (including phenoxy) is 1. The normalized spacial score (nSPS) is 17.5. The van der Waals surface area contributed by atoms with E-state index in [2.05, 4.69) is 5.32 Å². The van der Waals surface area contributed by atoms with Crippen LogP contribution in [0.15, 0.2) is 18.2 Å². The van der Waals surface area contributed by atoms with Crippen molar-refractivity contribution in [2.75, 3.05) is 7.05 Å². The number of rotatable bonds is 4. The highest BCUT2D eigenvalue weighted by atomic mass is 19.4. The maximum absolute atomic E-state index is 13.2. The molecule has 5 heteroatoms. The van der Waals surface area contributed by atoms with E-state index in [1.54, 1.807) is 13.1 Å². The molecule has 0 aliphatic heterocycles. The molecule has 0 unspecified atom stereocenters. The van der Waals surface area contributed by atoms with E-state index in [0.29, 0.717) is 12.1 Å². The van der Waals surface area contributed by atoms with E-state index in [9.17, 15) is 13.2 Å². The highest BCUT2D eigenvalue weighted by Crippen LogP contribution is 2.38. The Morgan fingerprint density at radius 1 is 1.14 bits per heavy atom. The lowest BCUT2D eigenvalue weighted by molar-refractivity contribution is -0.139. The summed E-state index contributed by atoms with van der Waals surface area (Å²) in [7, 11) is 1.71. The second-order valence-electron chi connectivity index (χ2n) is 5.59. The molecule has 1 fully saturated rings. The van der Waals surface area contributed by atoms with Gasteiger partial charge in [-0.15, -0.1) is 0 Å². The molecule has 0 bridgehead atoms. The van der Waals surface area contributed by atoms with Gasteiger partial charge in [0.05, 0.1) is 11.7 Å². The SMILES string of the molecule is CNCc1ccc(OC2CCCCCC2)c(C(F)(F)F)c1. The average molecular weight is 301 g/mol. The number of nitrogens with one attached hydrogen (secondary N) is 1. The molecule has 1 N–H and O–H groups in total. The second kappa shape index (κ2) is 7.16. The van der Waals surface area contributed by atoms with Gasteiger partial charge in [0.25, 0.3) is 0 Å². The van der Waals surface area contributed by atoms with Crippen LogP contribution >= 0.6 is 0 Å². The van der Waals surface area contributed by atoms with Gasteiger partial charge in [0.15, 0.2) is 0 Å². The first-order valence-electron chi connectivity index (χ1n) is 7.52. The van der Waals surface area contributed by atoms with Crippen molar-refractivity contribution in [3.05, 3.63) is 29.3 Å². The third kappa shape index (κ3) is 4.63. The van der Waals surface area contributed by atoms with Gasteiger partial charge in [-0.05, 0) is 50.4 Å². The minimum absolute atomic E-state index is 0.0331. The van der Waals surface area contributed by atoms with Gasteiger partial charge in [-0.25, -0.2) is 0 Å². The smallest absolute Gasteiger partial charge is 0.419 e. The molecule has 1 aliphatic rings. The fourth-order valence-corrected chi connectivity index (χ4v) is 2.75. The maximum atomic E-state index is 13.2. The first kappa shape index (κ1) is 16.1. The lowest BCUT2D eigenvalue weighted by atomic mass is 10.1. The van der Waals surface area contributed by atoms with Crippen molar-refractivity contribution < 1.29 is 17.9 Å². The molecule has 1 aromatic carbocycles. The Morgan fingerprint density at radius 2 is 1.81 bits per heavy atom. The zero-order chi connectivity index (χ0) is 15.3. The molecule has 1 aromatic rings. The summed E-state index contributed by atoms with van der Waals surface area (Å²) in [6.45, 7) is 0.410. The Hall–Kier alpha value is -1.23. The number of halogens is 3. The van der Waals surface area contributed by atoms with Crippen molar-refractivity contribution in [1.82, 2.24) is 5.32 Å². The molecule has 0 radical (unpaired) electrons. The third-order valence-electron chi connectivity index (χ3n) is 3.83. The van der Waals surface area contributed by atoms with Crippen LogP contribution in [0.1, 0.15) is 49.7 Å². The van der Waals surface area contributed by atoms with Gasteiger partial charge in [-0.3, -0.25) is 0 Å². The quantitative estimate of drug-likeness (QED) is 0.825. The Morgan fingerprint density at radius 3 is 2.38 bits per heavy atom.